The van der Waals surface area contributed by atoms with Gasteiger partial charge >= 0.3 is 0 Å². The number of nitrogens with zero attached hydrogens (tertiary/aromatic N) is 3. The highest BCUT2D eigenvalue weighted by atomic mass is 79.9. The number of aromatic nitrogens is 3. The molecular formula is C10H13BrN4OS. The molecule has 7 heteroatoms. The number of thiophene rings is 1. The van der Waals surface area contributed by atoms with Crippen LogP contribution in [0.4, 0.5) is 0 Å². The second-order valence-corrected chi connectivity index (χ2v) is 5.35. The average Bonchev–Trinajstić information content (AvgIpc) is 2.90. The molecule has 0 aliphatic heterocycles. The smallest absolute Gasteiger partial charge is 0.0964 e. The van der Waals surface area contributed by atoms with Crippen molar-refractivity contribution in [1.82, 2.24) is 20.3 Å². The Labute approximate surface area is 112 Å². The van der Waals surface area contributed by atoms with Gasteiger partial charge in [0.15, 0.2) is 0 Å². The van der Waals surface area contributed by atoms with Crippen LogP contribution in [0.25, 0.3) is 0 Å². The highest BCUT2D eigenvalue weighted by molar-refractivity contribution is 9.10. The molecule has 5 nitrogen and oxygen atoms in total. The summed E-state index contributed by atoms with van der Waals surface area (Å²) >= 11 is 5.20. The number of hydrogen-bond donors (Lipinski definition) is 2. The summed E-state index contributed by atoms with van der Waals surface area (Å²) in [5.74, 6) is 0. The van der Waals surface area contributed by atoms with Crippen molar-refractivity contribution in [1.29, 1.82) is 0 Å². The standard InChI is InChI=1S/C10H13BrN4OS/c11-9-1-4-17-10(9)6-12-5-8-7-15(2-3-16)14-13-8/h1,4,7,12,16H,2-3,5-6H2. The van der Waals surface area contributed by atoms with E-state index in [9.17, 15) is 0 Å². The normalized spacial score (nSPS) is 10.9. The maximum Gasteiger partial charge on any atom is 0.0964 e. The van der Waals surface area contributed by atoms with Gasteiger partial charge in [0.2, 0.25) is 0 Å². The van der Waals surface area contributed by atoms with Crippen LogP contribution in [-0.4, -0.2) is 26.7 Å². The Morgan fingerprint density at radius 1 is 1.47 bits per heavy atom. The third-order valence-electron chi connectivity index (χ3n) is 2.20. The van der Waals surface area contributed by atoms with Crippen LogP contribution in [0.3, 0.4) is 0 Å². The highest BCUT2D eigenvalue weighted by Gasteiger charge is 2.03. The zero-order chi connectivity index (χ0) is 12.1. The van der Waals surface area contributed by atoms with Gasteiger partial charge in [-0.2, -0.15) is 0 Å². The van der Waals surface area contributed by atoms with Crippen LogP contribution < -0.4 is 5.32 Å². The number of halogens is 1. The lowest BCUT2D eigenvalue weighted by atomic mass is 10.4. The Morgan fingerprint density at radius 3 is 3.06 bits per heavy atom. The van der Waals surface area contributed by atoms with Crippen molar-refractivity contribution in [3.8, 4) is 0 Å². The van der Waals surface area contributed by atoms with Crippen molar-refractivity contribution in [2.24, 2.45) is 0 Å². The van der Waals surface area contributed by atoms with Gasteiger partial charge in [-0.15, -0.1) is 16.4 Å². The molecule has 0 atom stereocenters. The molecule has 0 saturated carbocycles. The summed E-state index contributed by atoms with van der Waals surface area (Å²) in [6.07, 6.45) is 1.84. The Morgan fingerprint density at radius 2 is 2.35 bits per heavy atom. The predicted molar refractivity (Wildman–Crippen MR) is 69.7 cm³/mol. The first-order valence-corrected chi connectivity index (χ1v) is 6.89. The monoisotopic (exact) mass is 316 g/mol. The summed E-state index contributed by atoms with van der Waals surface area (Å²) in [6.45, 7) is 2.06. The number of aliphatic hydroxyl groups is 1. The highest BCUT2D eigenvalue weighted by Crippen LogP contribution is 2.22. The molecule has 2 heterocycles. The summed E-state index contributed by atoms with van der Waals surface area (Å²) in [5, 5.41) is 22.0. The van der Waals surface area contributed by atoms with Gasteiger partial charge in [-0.3, -0.25) is 0 Å². The van der Waals surface area contributed by atoms with E-state index in [-0.39, 0.29) is 6.61 Å². The van der Waals surface area contributed by atoms with E-state index < -0.39 is 0 Å². The lowest BCUT2D eigenvalue weighted by molar-refractivity contribution is 0.268. The van der Waals surface area contributed by atoms with E-state index in [2.05, 4.69) is 36.9 Å². The fourth-order valence-electron chi connectivity index (χ4n) is 1.39. The molecule has 2 N–H and O–H groups in total. The van der Waals surface area contributed by atoms with Gasteiger partial charge in [-0.25, -0.2) is 4.68 Å². The maximum atomic E-state index is 8.75. The van der Waals surface area contributed by atoms with E-state index in [0.717, 1.165) is 16.7 Å². The molecule has 0 aliphatic carbocycles. The molecule has 0 radical (unpaired) electrons. The maximum absolute atomic E-state index is 8.75. The molecule has 2 aromatic heterocycles. The van der Waals surface area contributed by atoms with Crippen LogP contribution >= 0.6 is 27.3 Å². The summed E-state index contributed by atoms with van der Waals surface area (Å²) in [7, 11) is 0. The minimum atomic E-state index is 0.0817. The minimum absolute atomic E-state index is 0.0817. The Balaban J connectivity index is 1.80. The predicted octanol–water partition coefficient (Wildman–Crippen LogP) is 1.38. The zero-order valence-corrected chi connectivity index (χ0v) is 11.5. The molecule has 0 saturated heterocycles. The SMILES string of the molecule is OCCn1cc(CNCc2sccc2Br)nn1. The first-order valence-electron chi connectivity index (χ1n) is 5.22. The molecule has 0 unspecified atom stereocenters. The van der Waals surface area contributed by atoms with Crippen molar-refractivity contribution in [2.45, 2.75) is 19.6 Å². The van der Waals surface area contributed by atoms with Crippen LogP contribution in [0.15, 0.2) is 22.1 Å². The number of hydrogen-bond acceptors (Lipinski definition) is 5. The van der Waals surface area contributed by atoms with Crippen molar-refractivity contribution in [3.63, 3.8) is 0 Å². The molecule has 0 bridgehead atoms. The van der Waals surface area contributed by atoms with Crippen molar-refractivity contribution >= 4 is 27.3 Å². The van der Waals surface area contributed by atoms with Gasteiger partial charge in [-0.05, 0) is 27.4 Å². The van der Waals surface area contributed by atoms with E-state index in [4.69, 9.17) is 5.11 Å². The molecule has 0 aromatic carbocycles. The second kappa shape index (κ2) is 6.25. The van der Waals surface area contributed by atoms with Crippen LogP contribution in [0.5, 0.6) is 0 Å². The van der Waals surface area contributed by atoms with E-state index >= 15 is 0 Å². The van der Waals surface area contributed by atoms with E-state index in [1.807, 2.05) is 12.3 Å². The fraction of sp³-hybridized carbons (Fsp3) is 0.400. The third-order valence-corrected chi connectivity index (χ3v) is 4.12. The first-order chi connectivity index (χ1) is 8.29. The van der Waals surface area contributed by atoms with Crippen molar-refractivity contribution < 1.29 is 5.11 Å². The van der Waals surface area contributed by atoms with Gasteiger partial charge in [0.1, 0.15) is 0 Å². The zero-order valence-electron chi connectivity index (χ0n) is 9.14. The third kappa shape index (κ3) is 3.60. The Bertz CT molecular complexity index is 470. The van der Waals surface area contributed by atoms with E-state index in [1.165, 1.54) is 4.88 Å². The van der Waals surface area contributed by atoms with Crippen LogP contribution in [0.2, 0.25) is 0 Å². The largest absolute Gasteiger partial charge is 0.394 e. The Hall–Kier alpha value is -0.760. The van der Waals surface area contributed by atoms with Gasteiger partial charge in [0, 0.05) is 28.6 Å². The van der Waals surface area contributed by atoms with Crippen LogP contribution in [0, 0.1) is 0 Å². The summed E-state index contributed by atoms with van der Waals surface area (Å²) in [6, 6.07) is 2.04. The number of nitrogens with one attached hydrogen (secondary N) is 1. The molecule has 92 valence electrons. The molecule has 0 spiro atoms. The van der Waals surface area contributed by atoms with Crippen molar-refractivity contribution in [2.75, 3.05) is 6.61 Å². The molecule has 0 amide bonds. The van der Waals surface area contributed by atoms with Gasteiger partial charge in [-0.1, -0.05) is 5.21 Å². The summed E-state index contributed by atoms with van der Waals surface area (Å²) in [5.41, 5.74) is 0.881. The summed E-state index contributed by atoms with van der Waals surface area (Å²) < 4.78 is 2.77. The van der Waals surface area contributed by atoms with Gasteiger partial charge in [0.05, 0.1) is 18.8 Å². The number of rotatable bonds is 6. The molecule has 2 rings (SSSR count). The fourth-order valence-corrected chi connectivity index (χ4v) is 2.85. The lowest BCUT2D eigenvalue weighted by Gasteiger charge is -2.00. The van der Waals surface area contributed by atoms with E-state index in [0.29, 0.717) is 13.1 Å². The minimum Gasteiger partial charge on any atom is -0.394 e. The molecule has 2 aromatic rings. The quantitative estimate of drug-likeness (QED) is 0.845. The summed E-state index contributed by atoms with van der Waals surface area (Å²) in [4.78, 5) is 1.27. The van der Waals surface area contributed by atoms with Crippen LogP contribution in [0.1, 0.15) is 10.6 Å². The molecule has 0 aliphatic rings. The lowest BCUT2D eigenvalue weighted by Crippen LogP contribution is -2.12. The second-order valence-electron chi connectivity index (χ2n) is 3.49. The van der Waals surface area contributed by atoms with Gasteiger partial charge < -0.3 is 10.4 Å². The Kier molecular flexibility index (Phi) is 4.66. The van der Waals surface area contributed by atoms with E-state index in [1.54, 1.807) is 16.0 Å². The molecule has 17 heavy (non-hydrogen) atoms. The van der Waals surface area contributed by atoms with Crippen LogP contribution in [-0.2, 0) is 19.6 Å². The molecular weight excluding hydrogens is 304 g/mol. The number of aliphatic hydroxyl groups excluding tert-OH is 1. The van der Waals surface area contributed by atoms with Crippen molar-refractivity contribution in [3.05, 3.63) is 32.7 Å². The average molecular weight is 317 g/mol. The molecule has 0 fully saturated rings. The first kappa shape index (κ1) is 12.7. The van der Waals surface area contributed by atoms with Gasteiger partial charge in [0.25, 0.3) is 0 Å². The topological polar surface area (TPSA) is 63.0 Å².